The Labute approximate surface area is 136 Å². The van der Waals surface area contributed by atoms with Crippen molar-refractivity contribution in [3.05, 3.63) is 12.2 Å². The normalized spacial score (nSPS) is 11.2. The van der Waals surface area contributed by atoms with E-state index in [1.165, 1.54) is 6.42 Å². The van der Waals surface area contributed by atoms with E-state index in [-0.39, 0.29) is 12.6 Å². The molecule has 0 aromatic rings. The maximum Gasteiger partial charge on any atom is 0.305 e. The van der Waals surface area contributed by atoms with Crippen molar-refractivity contribution in [2.45, 2.75) is 71.1 Å². The molecule has 0 rings (SSSR count). The highest BCUT2D eigenvalue weighted by Gasteiger charge is 2.02. The van der Waals surface area contributed by atoms with E-state index in [0.29, 0.717) is 19.6 Å². The number of esters is 1. The Kier molecular flexibility index (Phi) is 17.5. The lowest BCUT2D eigenvalue weighted by molar-refractivity contribution is -0.143. The van der Waals surface area contributed by atoms with Crippen molar-refractivity contribution in [1.82, 2.24) is 5.32 Å². The molecule has 0 aliphatic rings. The maximum absolute atomic E-state index is 11.5. The molecule has 0 fully saturated rings. The first-order valence-electron chi connectivity index (χ1n) is 8.93. The number of aliphatic hydroxyl groups is 1. The van der Waals surface area contributed by atoms with Gasteiger partial charge in [-0.1, -0.05) is 38.3 Å². The molecule has 22 heavy (non-hydrogen) atoms. The molecule has 0 aromatic heterocycles. The van der Waals surface area contributed by atoms with Crippen molar-refractivity contribution in [2.24, 2.45) is 0 Å². The zero-order valence-electron chi connectivity index (χ0n) is 14.3. The second kappa shape index (κ2) is 18.2. The lowest BCUT2D eigenvalue weighted by atomic mass is 10.1. The van der Waals surface area contributed by atoms with Gasteiger partial charge in [0.15, 0.2) is 0 Å². The summed E-state index contributed by atoms with van der Waals surface area (Å²) in [4.78, 5) is 11.5. The third kappa shape index (κ3) is 17.2. The summed E-state index contributed by atoms with van der Waals surface area (Å²) in [7, 11) is 0. The van der Waals surface area contributed by atoms with Gasteiger partial charge in [0.25, 0.3) is 0 Å². The van der Waals surface area contributed by atoms with Gasteiger partial charge in [-0.25, -0.2) is 0 Å². The number of ether oxygens (including phenoxy) is 1. The molecule has 0 saturated carbocycles. The van der Waals surface area contributed by atoms with E-state index in [2.05, 4.69) is 24.4 Å². The van der Waals surface area contributed by atoms with Gasteiger partial charge in [0.05, 0.1) is 13.2 Å². The van der Waals surface area contributed by atoms with Crippen molar-refractivity contribution in [1.29, 1.82) is 0 Å². The molecule has 0 aliphatic carbocycles. The summed E-state index contributed by atoms with van der Waals surface area (Å²) in [5.41, 5.74) is 0. The molecule has 4 heteroatoms. The number of rotatable bonds is 16. The van der Waals surface area contributed by atoms with Crippen LogP contribution in [0.4, 0.5) is 0 Å². The predicted molar refractivity (Wildman–Crippen MR) is 91.9 cm³/mol. The number of unbranched alkanes of at least 4 members (excludes halogenated alkanes) is 6. The van der Waals surface area contributed by atoms with E-state index in [1.807, 2.05) is 0 Å². The van der Waals surface area contributed by atoms with Crippen LogP contribution >= 0.6 is 0 Å². The maximum atomic E-state index is 11.5. The van der Waals surface area contributed by atoms with Crippen LogP contribution in [0.1, 0.15) is 71.1 Å². The van der Waals surface area contributed by atoms with Crippen molar-refractivity contribution in [3.63, 3.8) is 0 Å². The highest BCUT2D eigenvalue weighted by Crippen LogP contribution is 2.06. The summed E-state index contributed by atoms with van der Waals surface area (Å²) in [6.45, 7) is 4.55. The third-order valence-electron chi connectivity index (χ3n) is 3.45. The van der Waals surface area contributed by atoms with Crippen LogP contribution in [-0.4, -0.2) is 37.4 Å². The number of aliphatic hydroxyl groups excluding tert-OH is 1. The van der Waals surface area contributed by atoms with Crippen molar-refractivity contribution < 1.29 is 14.6 Å². The Morgan fingerprint density at radius 2 is 1.77 bits per heavy atom. The number of carbonyl (C=O) groups excluding carboxylic acids is 1. The SMILES string of the molecule is CCC=CCCCCOC(=O)CCCCCCCNCCO. The zero-order valence-corrected chi connectivity index (χ0v) is 14.3. The minimum Gasteiger partial charge on any atom is -0.466 e. The summed E-state index contributed by atoms with van der Waals surface area (Å²) in [5, 5.41) is 11.8. The Balaban J connectivity index is 3.17. The van der Waals surface area contributed by atoms with Crippen LogP contribution in [0, 0.1) is 0 Å². The minimum atomic E-state index is -0.0475. The molecule has 2 N–H and O–H groups in total. The fraction of sp³-hybridized carbons (Fsp3) is 0.833. The van der Waals surface area contributed by atoms with E-state index < -0.39 is 0 Å². The van der Waals surface area contributed by atoms with Gasteiger partial charge in [0.2, 0.25) is 0 Å². The summed E-state index contributed by atoms with van der Waals surface area (Å²) < 4.78 is 5.22. The van der Waals surface area contributed by atoms with Gasteiger partial charge in [-0.2, -0.15) is 0 Å². The Bertz CT molecular complexity index is 267. The molecule has 0 saturated heterocycles. The van der Waals surface area contributed by atoms with Gasteiger partial charge in [-0.05, 0) is 45.1 Å². The van der Waals surface area contributed by atoms with E-state index >= 15 is 0 Å². The van der Waals surface area contributed by atoms with Crippen molar-refractivity contribution >= 4 is 5.97 Å². The minimum absolute atomic E-state index is 0.0475. The first kappa shape index (κ1) is 21.1. The molecule has 0 unspecified atom stereocenters. The number of carbonyl (C=O) groups is 1. The zero-order chi connectivity index (χ0) is 16.3. The van der Waals surface area contributed by atoms with E-state index in [0.717, 1.165) is 57.9 Å². The molecule has 0 spiro atoms. The van der Waals surface area contributed by atoms with Gasteiger partial charge in [-0.3, -0.25) is 4.79 Å². The van der Waals surface area contributed by atoms with Gasteiger partial charge < -0.3 is 15.2 Å². The van der Waals surface area contributed by atoms with E-state index in [1.54, 1.807) is 0 Å². The van der Waals surface area contributed by atoms with Crippen molar-refractivity contribution in [2.75, 3.05) is 26.3 Å². The molecule has 0 heterocycles. The monoisotopic (exact) mass is 313 g/mol. The van der Waals surface area contributed by atoms with Crippen molar-refractivity contribution in [3.8, 4) is 0 Å². The van der Waals surface area contributed by atoms with Crippen LogP contribution in [0.2, 0.25) is 0 Å². The molecule has 0 atom stereocenters. The largest absolute Gasteiger partial charge is 0.466 e. The molecule has 0 aliphatic heterocycles. The van der Waals surface area contributed by atoms with Gasteiger partial charge in [0.1, 0.15) is 0 Å². The first-order chi connectivity index (χ1) is 10.8. The number of hydrogen-bond acceptors (Lipinski definition) is 4. The second-order valence-corrected chi connectivity index (χ2v) is 5.59. The molecular weight excluding hydrogens is 278 g/mol. The summed E-state index contributed by atoms with van der Waals surface area (Å²) >= 11 is 0. The number of hydrogen-bond donors (Lipinski definition) is 2. The second-order valence-electron chi connectivity index (χ2n) is 5.59. The van der Waals surface area contributed by atoms with Crippen LogP contribution in [0.5, 0.6) is 0 Å². The highest BCUT2D eigenvalue weighted by atomic mass is 16.5. The van der Waals surface area contributed by atoms with Crippen LogP contribution in [-0.2, 0) is 9.53 Å². The predicted octanol–water partition coefficient (Wildman–Crippen LogP) is 3.59. The third-order valence-corrected chi connectivity index (χ3v) is 3.45. The number of nitrogens with one attached hydrogen (secondary N) is 1. The smallest absolute Gasteiger partial charge is 0.305 e. The average Bonchev–Trinajstić information content (AvgIpc) is 2.52. The Hall–Kier alpha value is -0.870. The lowest BCUT2D eigenvalue weighted by Crippen LogP contribution is -2.19. The Morgan fingerprint density at radius 3 is 2.55 bits per heavy atom. The van der Waals surface area contributed by atoms with Gasteiger partial charge >= 0.3 is 5.97 Å². The summed E-state index contributed by atoms with van der Waals surface area (Å²) in [6.07, 6.45) is 14.7. The number of allylic oxidation sites excluding steroid dienone is 2. The standard InChI is InChI=1S/C18H35NO3/c1-2-3-4-5-9-12-17-22-18(21)13-10-7-6-8-11-14-19-15-16-20/h3-4,19-20H,2,5-17H2,1H3. The van der Waals surface area contributed by atoms with E-state index in [4.69, 9.17) is 9.84 Å². The summed E-state index contributed by atoms with van der Waals surface area (Å²) in [5.74, 6) is -0.0475. The molecule has 0 radical (unpaired) electrons. The first-order valence-corrected chi connectivity index (χ1v) is 8.93. The van der Waals surface area contributed by atoms with Crippen LogP contribution in [0.3, 0.4) is 0 Å². The molecule has 0 aromatic carbocycles. The van der Waals surface area contributed by atoms with Crippen LogP contribution in [0.25, 0.3) is 0 Å². The van der Waals surface area contributed by atoms with Crippen LogP contribution < -0.4 is 5.32 Å². The topological polar surface area (TPSA) is 58.6 Å². The fourth-order valence-corrected chi connectivity index (χ4v) is 2.16. The lowest BCUT2D eigenvalue weighted by Gasteiger charge is -2.05. The highest BCUT2D eigenvalue weighted by molar-refractivity contribution is 5.69. The fourth-order valence-electron chi connectivity index (χ4n) is 2.16. The van der Waals surface area contributed by atoms with E-state index in [9.17, 15) is 4.79 Å². The van der Waals surface area contributed by atoms with Gasteiger partial charge in [0, 0.05) is 13.0 Å². The molecule has 0 bridgehead atoms. The Morgan fingerprint density at radius 1 is 1.00 bits per heavy atom. The van der Waals surface area contributed by atoms with Crippen LogP contribution in [0.15, 0.2) is 12.2 Å². The summed E-state index contributed by atoms with van der Waals surface area (Å²) in [6, 6.07) is 0. The average molecular weight is 313 g/mol. The molecule has 130 valence electrons. The quantitative estimate of drug-likeness (QED) is 0.260. The van der Waals surface area contributed by atoms with Gasteiger partial charge in [-0.15, -0.1) is 0 Å². The molecule has 4 nitrogen and oxygen atoms in total. The molecule has 0 amide bonds. The molecular formula is C18H35NO3.